The Morgan fingerprint density at radius 3 is 2.81 bits per heavy atom. The number of para-hydroxylation sites is 1. The molecule has 0 unspecified atom stereocenters. The molecule has 5 nitrogen and oxygen atoms in total. The van der Waals surface area contributed by atoms with Crippen LogP contribution in [0, 0.1) is 11.3 Å². The summed E-state index contributed by atoms with van der Waals surface area (Å²) in [5, 5.41) is 11.9. The van der Waals surface area contributed by atoms with Gasteiger partial charge in [0.25, 0.3) is 0 Å². The van der Waals surface area contributed by atoms with Gasteiger partial charge in [-0.1, -0.05) is 23.7 Å². The molecular formula is C15H14ClN3O2. The van der Waals surface area contributed by atoms with Crippen molar-refractivity contribution >= 4 is 23.3 Å². The number of urea groups is 1. The lowest BCUT2D eigenvalue weighted by atomic mass is 10.3. The van der Waals surface area contributed by atoms with Crippen LogP contribution < -0.4 is 5.32 Å². The number of nitrogens with one attached hydrogen (secondary N) is 1. The van der Waals surface area contributed by atoms with Gasteiger partial charge in [0, 0.05) is 6.54 Å². The van der Waals surface area contributed by atoms with E-state index in [0.29, 0.717) is 29.6 Å². The molecular weight excluding hydrogens is 290 g/mol. The Morgan fingerprint density at radius 2 is 2.14 bits per heavy atom. The molecule has 0 aliphatic heterocycles. The van der Waals surface area contributed by atoms with E-state index in [9.17, 15) is 4.79 Å². The number of furan rings is 1. The van der Waals surface area contributed by atoms with Crippen molar-refractivity contribution in [3.05, 3.63) is 53.4 Å². The fourth-order valence-electron chi connectivity index (χ4n) is 1.78. The Balaban J connectivity index is 2.07. The zero-order valence-electron chi connectivity index (χ0n) is 11.3. The standard InChI is InChI=1S/C15H14ClN3O2/c16-13-6-1-2-7-14(13)18-15(20)19(9-4-8-17)11-12-5-3-10-21-12/h1-3,5-7,10H,4,9,11H2,(H,18,20). The smallest absolute Gasteiger partial charge is 0.322 e. The molecule has 0 bridgehead atoms. The molecule has 2 amide bonds. The summed E-state index contributed by atoms with van der Waals surface area (Å²) in [5.41, 5.74) is 0.533. The number of nitriles is 1. The number of hydrogen-bond acceptors (Lipinski definition) is 3. The molecule has 1 N–H and O–H groups in total. The second-order valence-corrected chi connectivity index (χ2v) is 4.73. The van der Waals surface area contributed by atoms with E-state index >= 15 is 0 Å². The second kappa shape index (κ2) is 7.36. The van der Waals surface area contributed by atoms with Crippen molar-refractivity contribution < 1.29 is 9.21 Å². The monoisotopic (exact) mass is 303 g/mol. The summed E-state index contributed by atoms with van der Waals surface area (Å²) in [5.74, 6) is 0.655. The average molecular weight is 304 g/mol. The van der Waals surface area contributed by atoms with Gasteiger partial charge in [0.2, 0.25) is 0 Å². The van der Waals surface area contributed by atoms with Crippen LogP contribution in [0.4, 0.5) is 10.5 Å². The van der Waals surface area contributed by atoms with Crippen molar-refractivity contribution in [3.8, 4) is 6.07 Å². The maximum absolute atomic E-state index is 12.3. The second-order valence-electron chi connectivity index (χ2n) is 4.32. The fourth-order valence-corrected chi connectivity index (χ4v) is 1.97. The number of amides is 2. The van der Waals surface area contributed by atoms with Gasteiger partial charge in [-0.2, -0.15) is 5.26 Å². The first-order chi connectivity index (χ1) is 10.2. The predicted molar refractivity (Wildman–Crippen MR) is 79.8 cm³/mol. The van der Waals surface area contributed by atoms with Gasteiger partial charge in [-0.05, 0) is 24.3 Å². The highest BCUT2D eigenvalue weighted by molar-refractivity contribution is 6.33. The summed E-state index contributed by atoms with van der Waals surface area (Å²) in [7, 11) is 0. The third-order valence-electron chi connectivity index (χ3n) is 2.82. The lowest BCUT2D eigenvalue weighted by Crippen LogP contribution is -2.35. The van der Waals surface area contributed by atoms with E-state index in [1.54, 1.807) is 42.7 Å². The molecule has 108 valence electrons. The highest BCUT2D eigenvalue weighted by Crippen LogP contribution is 2.21. The summed E-state index contributed by atoms with van der Waals surface area (Å²) in [6, 6.07) is 12.2. The van der Waals surface area contributed by atoms with Crippen LogP contribution in [0.5, 0.6) is 0 Å². The number of rotatable bonds is 5. The van der Waals surface area contributed by atoms with Crippen molar-refractivity contribution in [3.63, 3.8) is 0 Å². The predicted octanol–water partition coefficient (Wildman–Crippen LogP) is 3.88. The number of halogens is 1. The molecule has 0 aliphatic rings. The molecule has 0 saturated carbocycles. The molecule has 0 atom stereocenters. The molecule has 21 heavy (non-hydrogen) atoms. The zero-order valence-corrected chi connectivity index (χ0v) is 12.0. The molecule has 0 fully saturated rings. The molecule has 0 radical (unpaired) electrons. The van der Waals surface area contributed by atoms with Crippen LogP contribution in [-0.2, 0) is 6.54 Å². The molecule has 1 aromatic carbocycles. The Morgan fingerprint density at radius 1 is 1.33 bits per heavy atom. The minimum Gasteiger partial charge on any atom is -0.467 e. The van der Waals surface area contributed by atoms with E-state index in [2.05, 4.69) is 5.32 Å². The largest absolute Gasteiger partial charge is 0.467 e. The van der Waals surface area contributed by atoms with E-state index in [1.807, 2.05) is 6.07 Å². The molecule has 2 aromatic rings. The number of carbonyl (C=O) groups is 1. The van der Waals surface area contributed by atoms with E-state index in [0.717, 1.165) is 0 Å². The Labute approximate surface area is 127 Å². The third kappa shape index (κ3) is 4.26. The highest BCUT2D eigenvalue weighted by atomic mass is 35.5. The van der Waals surface area contributed by atoms with Gasteiger partial charge in [-0.25, -0.2) is 4.79 Å². The summed E-state index contributed by atoms with van der Waals surface area (Å²) >= 11 is 6.02. The highest BCUT2D eigenvalue weighted by Gasteiger charge is 2.16. The fraction of sp³-hybridized carbons (Fsp3) is 0.200. The molecule has 0 spiro atoms. The Bertz CT molecular complexity index is 635. The van der Waals surface area contributed by atoms with Gasteiger partial charge in [-0.3, -0.25) is 0 Å². The van der Waals surface area contributed by atoms with Crippen LogP contribution in [-0.4, -0.2) is 17.5 Å². The Hall–Kier alpha value is -2.45. The number of nitrogens with zero attached hydrogens (tertiary/aromatic N) is 2. The van der Waals surface area contributed by atoms with Crippen LogP contribution in [0.2, 0.25) is 5.02 Å². The molecule has 0 saturated heterocycles. The lowest BCUT2D eigenvalue weighted by Gasteiger charge is -2.21. The number of anilines is 1. The molecule has 0 aliphatic carbocycles. The third-order valence-corrected chi connectivity index (χ3v) is 3.15. The van der Waals surface area contributed by atoms with E-state index in [1.165, 1.54) is 4.90 Å². The quantitative estimate of drug-likeness (QED) is 0.911. The van der Waals surface area contributed by atoms with Crippen molar-refractivity contribution in [1.82, 2.24) is 4.90 Å². The van der Waals surface area contributed by atoms with Gasteiger partial charge < -0.3 is 14.6 Å². The average Bonchev–Trinajstić information content (AvgIpc) is 2.98. The van der Waals surface area contributed by atoms with Crippen molar-refractivity contribution in [2.24, 2.45) is 0 Å². The minimum absolute atomic E-state index is 0.247. The summed E-state index contributed by atoms with van der Waals surface area (Å²) in [4.78, 5) is 13.8. The molecule has 1 aromatic heterocycles. The molecule has 1 heterocycles. The van der Waals surface area contributed by atoms with E-state index in [-0.39, 0.29) is 12.5 Å². The van der Waals surface area contributed by atoms with Gasteiger partial charge in [0.05, 0.1) is 36.0 Å². The summed E-state index contributed by atoms with van der Waals surface area (Å²) in [6.07, 6.45) is 1.79. The maximum Gasteiger partial charge on any atom is 0.322 e. The first kappa shape index (κ1) is 14.9. The molecule has 6 heteroatoms. The minimum atomic E-state index is -0.324. The van der Waals surface area contributed by atoms with Crippen molar-refractivity contribution in [2.75, 3.05) is 11.9 Å². The summed E-state index contributed by atoms with van der Waals surface area (Å²) < 4.78 is 5.24. The first-order valence-electron chi connectivity index (χ1n) is 6.40. The van der Waals surface area contributed by atoms with Gasteiger partial charge in [0.1, 0.15) is 5.76 Å². The number of hydrogen-bond donors (Lipinski definition) is 1. The normalized spacial score (nSPS) is 9.90. The SMILES string of the molecule is N#CCCN(Cc1ccco1)C(=O)Nc1ccccc1Cl. The van der Waals surface area contributed by atoms with Crippen LogP contribution >= 0.6 is 11.6 Å². The maximum atomic E-state index is 12.3. The van der Waals surface area contributed by atoms with Crippen LogP contribution in [0.15, 0.2) is 47.1 Å². The van der Waals surface area contributed by atoms with Crippen molar-refractivity contribution in [2.45, 2.75) is 13.0 Å². The molecule has 2 rings (SSSR count). The number of carbonyl (C=O) groups excluding carboxylic acids is 1. The van der Waals surface area contributed by atoms with Crippen LogP contribution in [0.3, 0.4) is 0 Å². The van der Waals surface area contributed by atoms with Gasteiger partial charge in [-0.15, -0.1) is 0 Å². The Kier molecular flexibility index (Phi) is 5.24. The van der Waals surface area contributed by atoms with Crippen molar-refractivity contribution in [1.29, 1.82) is 5.26 Å². The van der Waals surface area contributed by atoms with Crippen LogP contribution in [0.1, 0.15) is 12.2 Å². The first-order valence-corrected chi connectivity index (χ1v) is 6.78. The zero-order chi connectivity index (χ0) is 15.1. The van der Waals surface area contributed by atoms with Gasteiger partial charge >= 0.3 is 6.03 Å². The number of benzene rings is 1. The van der Waals surface area contributed by atoms with E-state index < -0.39 is 0 Å². The van der Waals surface area contributed by atoms with E-state index in [4.69, 9.17) is 21.3 Å². The summed E-state index contributed by atoms with van der Waals surface area (Å²) in [6.45, 7) is 0.610. The lowest BCUT2D eigenvalue weighted by molar-refractivity contribution is 0.205. The topological polar surface area (TPSA) is 69.3 Å². The van der Waals surface area contributed by atoms with Crippen LogP contribution in [0.25, 0.3) is 0 Å². The van der Waals surface area contributed by atoms with Gasteiger partial charge in [0.15, 0.2) is 0 Å².